The van der Waals surface area contributed by atoms with E-state index in [1.165, 1.54) is 17.0 Å². The highest BCUT2D eigenvalue weighted by Gasteiger charge is 2.44. The van der Waals surface area contributed by atoms with Crippen molar-refractivity contribution in [2.45, 2.75) is 39.0 Å². The number of anilines is 1. The highest BCUT2D eigenvalue weighted by atomic mass is 35.5. The molecule has 33 heavy (non-hydrogen) atoms. The van der Waals surface area contributed by atoms with Crippen LogP contribution < -0.4 is 14.4 Å². The number of fused-ring (bicyclic) bond motifs is 1. The van der Waals surface area contributed by atoms with E-state index < -0.39 is 11.9 Å². The first-order valence-electron chi connectivity index (χ1n) is 10.7. The van der Waals surface area contributed by atoms with Crippen LogP contribution in [-0.2, 0) is 9.59 Å². The molecular formula is C25H22ClNO6. The maximum absolute atomic E-state index is 13.5. The molecule has 0 radical (unpaired) electrons. The lowest BCUT2D eigenvalue weighted by Gasteiger charge is -2.43. The second kappa shape index (κ2) is 7.63. The first kappa shape index (κ1) is 21.5. The van der Waals surface area contributed by atoms with E-state index in [9.17, 15) is 19.5 Å². The number of benzene rings is 2. The summed E-state index contributed by atoms with van der Waals surface area (Å²) in [6, 6.07) is 9.96. The molecule has 1 unspecified atom stereocenters. The zero-order valence-corrected chi connectivity index (χ0v) is 18.9. The Kier molecular flexibility index (Phi) is 4.97. The molecule has 1 N–H and O–H groups in total. The van der Waals surface area contributed by atoms with Crippen LogP contribution in [0.1, 0.15) is 54.9 Å². The fourth-order valence-corrected chi connectivity index (χ4v) is 5.14. The minimum Gasteiger partial charge on any atom is -0.478 e. The average Bonchev–Trinajstić information content (AvgIpc) is 3.20. The molecule has 2 aromatic carbocycles. The first-order valence-corrected chi connectivity index (χ1v) is 11.0. The molecule has 7 nitrogen and oxygen atoms in total. The zero-order valence-electron chi connectivity index (χ0n) is 18.2. The van der Waals surface area contributed by atoms with Crippen molar-refractivity contribution < 1.29 is 29.0 Å². The number of carboxylic acid groups (broad SMARTS) is 1. The molecule has 0 spiro atoms. The van der Waals surface area contributed by atoms with Crippen LogP contribution in [0.3, 0.4) is 0 Å². The second-order valence-electron chi connectivity index (χ2n) is 9.37. The normalized spacial score (nSPS) is 21.3. The number of carbonyl (C=O) groups excluding carboxylic acids is 2. The molecule has 170 valence electrons. The topological polar surface area (TPSA) is 93.1 Å². The van der Waals surface area contributed by atoms with Gasteiger partial charge >= 0.3 is 5.97 Å². The predicted molar refractivity (Wildman–Crippen MR) is 121 cm³/mol. The molecule has 0 bridgehead atoms. The van der Waals surface area contributed by atoms with Gasteiger partial charge in [-0.1, -0.05) is 31.5 Å². The van der Waals surface area contributed by atoms with Gasteiger partial charge in [0.1, 0.15) is 0 Å². The van der Waals surface area contributed by atoms with Crippen LogP contribution in [0.2, 0.25) is 5.02 Å². The van der Waals surface area contributed by atoms with Crippen molar-refractivity contribution >= 4 is 34.9 Å². The molecule has 2 aliphatic heterocycles. The van der Waals surface area contributed by atoms with Gasteiger partial charge in [0.2, 0.25) is 12.7 Å². The number of halogens is 1. The molecule has 1 amide bonds. The Morgan fingerprint density at radius 2 is 1.85 bits per heavy atom. The lowest BCUT2D eigenvalue weighted by Crippen LogP contribution is -2.43. The molecule has 3 aliphatic rings. The molecule has 1 aliphatic carbocycles. The van der Waals surface area contributed by atoms with Crippen LogP contribution in [0, 0.1) is 5.41 Å². The number of rotatable bonds is 3. The highest BCUT2D eigenvalue weighted by Crippen LogP contribution is 2.49. The van der Waals surface area contributed by atoms with Gasteiger partial charge in [-0.15, -0.1) is 0 Å². The van der Waals surface area contributed by atoms with Gasteiger partial charge in [0.15, 0.2) is 17.3 Å². The van der Waals surface area contributed by atoms with Crippen molar-refractivity contribution in [3.8, 4) is 11.5 Å². The number of ether oxygens (including phenoxy) is 2. The quantitative estimate of drug-likeness (QED) is 0.687. The summed E-state index contributed by atoms with van der Waals surface area (Å²) >= 11 is 6.05. The maximum atomic E-state index is 13.5. The largest absolute Gasteiger partial charge is 0.478 e. The first-order chi connectivity index (χ1) is 15.6. The number of ketones is 1. The predicted octanol–water partition coefficient (Wildman–Crippen LogP) is 4.93. The van der Waals surface area contributed by atoms with Gasteiger partial charge in [-0.2, -0.15) is 0 Å². The fourth-order valence-electron chi connectivity index (χ4n) is 4.95. The lowest BCUT2D eigenvalue weighted by atomic mass is 9.69. The Labute approximate surface area is 195 Å². The molecule has 0 fully saturated rings. The van der Waals surface area contributed by atoms with E-state index >= 15 is 0 Å². The van der Waals surface area contributed by atoms with Crippen molar-refractivity contribution in [1.82, 2.24) is 0 Å². The monoisotopic (exact) mass is 467 g/mol. The molecule has 2 heterocycles. The van der Waals surface area contributed by atoms with Crippen LogP contribution in [-0.4, -0.2) is 29.6 Å². The van der Waals surface area contributed by atoms with E-state index in [1.807, 2.05) is 26.0 Å². The molecule has 1 atom stereocenters. The smallest absolute Gasteiger partial charge is 0.337 e. The number of hydrogen-bond acceptors (Lipinski definition) is 5. The number of hydrogen-bond donors (Lipinski definition) is 1. The molecule has 5 rings (SSSR count). The molecule has 8 heteroatoms. The van der Waals surface area contributed by atoms with E-state index in [0.717, 1.165) is 5.56 Å². The average molecular weight is 468 g/mol. The van der Waals surface area contributed by atoms with Gasteiger partial charge in [0.05, 0.1) is 10.6 Å². The van der Waals surface area contributed by atoms with Gasteiger partial charge in [-0.05, 0) is 47.7 Å². The summed E-state index contributed by atoms with van der Waals surface area (Å²) in [7, 11) is 0. The standard InChI is InChI=1S/C25H22ClNO6/c1-25(2)10-18-23(19(28)11-25)15(13-3-6-20-21(7-13)33-12-32-20)9-22(29)27(18)14-4-5-17(26)16(8-14)24(30)31/h3-8,15H,9-12H2,1-2H3,(H,30,31). The molecule has 0 aromatic heterocycles. The van der Waals surface area contributed by atoms with Crippen LogP contribution in [0.5, 0.6) is 11.5 Å². The number of nitrogens with zero attached hydrogens (tertiary/aromatic N) is 1. The Bertz CT molecular complexity index is 1250. The number of allylic oxidation sites excluding steroid dienone is 2. The van der Waals surface area contributed by atoms with Crippen LogP contribution in [0.4, 0.5) is 5.69 Å². The van der Waals surface area contributed by atoms with Gasteiger partial charge in [-0.25, -0.2) is 4.79 Å². The highest BCUT2D eigenvalue weighted by molar-refractivity contribution is 6.33. The van der Waals surface area contributed by atoms with Crippen LogP contribution >= 0.6 is 11.6 Å². The molecule has 0 saturated carbocycles. The summed E-state index contributed by atoms with van der Waals surface area (Å²) < 4.78 is 10.9. The molecule has 0 saturated heterocycles. The summed E-state index contributed by atoms with van der Waals surface area (Å²) in [5.41, 5.74) is 1.99. The third-order valence-corrected chi connectivity index (χ3v) is 6.71. The number of carboxylic acids is 1. The number of aromatic carboxylic acids is 1. The van der Waals surface area contributed by atoms with Crippen molar-refractivity contribution in [2.24, 2.45) is 5.41 Å². The number of Topliss-reactive ketones (excluding diaryl/α,β-unsaturated/α-hetero) is 1. The van der Waals surface area contributed by atoms with E-state index in [0.29, 0.717) is 41.3 Å². The van der Waals surface area contributed by atoms with Crippen molar-refractivity contribution in [2.75, 3.05) is 11.7 Å². The molecule has 2 aromatic rings. The van der Waals surface area contributed by atoms with Gasteiger partial charge in [-0.3, -0.25) is 14.5 Å². The maximum Gasteiger partial charge on any atom is 0.337 e. The number of carbonyl (C=O) groups is 3. The van der Waals surface area contributed by atoms with E-state index in [2.05, 4.69) is 0 Å². The SMILES string of the molecule is CC1(C)CC(=O)C2=C(C1)N(c1ccc(Cl)c(C(=O)O)c1)C(=O)CC2c1ccc2c(c1)OCO2. The second-order valence-corrected chi connectivity index (χ2v) is 9.78. The van der Waals surface area contributed by atoms with E-state index in [1.54, 1.807) is 12.1 Å². The summed E-state index contributed by atoms with van der Waals surface area (Å²) in [4.78, 5) is 40.0. The van der Waals surface area contributed by atoms with Crippen molar-refractivity contribution in [3.63, 3.8) is 0 Å². The van der Waals surface area contributed by atoms with E-state index in [-0.39, 0.29) is 40.9 Å². The van der Waals surface area contributed by atoms with Gasteiger partial charge in [0, 0.05) is 35.7 Å². The Morgan fingerprint density at radius 1 is 1.09 bits per heavy atom. The zero-order chi connectivity index (χ0) is 23.5. The van der Waals surface area contributed by atoms with Crippen molar-refractivity contribution in [3.05, 3.63) is 63.8 Å². The van der Waals surface area contributed by atoms with Crippen molar-refractivity contribution in [1.29, 1.82) is 0 Å². The third kappa shape index (κ3) is 3.66. The van der Waals surface area contributed by atoms with E-state index in [4.69, 9.17) is 21.1 Å². The number of amides is 1. The third-order valence-electron chi connectivity index (χ3n) is 6.38. The van der Waals surface area contributed by atoms with Crippen LogP contribution in [0.25, 0.3) is 0 Å². The molecular weight excluding hydrogens is 446 g/mol. The Hall–Kier alpha value is -3.32. The van der Waals surface area contributed by atoms with Gasteiger partial charge in [0.25, 0.3) is 0 Å². The van der Waals surface area contributed by atoms with Crippen LogP contribution in [0.15, 0.2) is 47.7 Å². The lowest BCUT2D eigenvalue weighted by molar-refractivity contribution is -0.121. The summed E-state index contributed by atoms with van der Waals surface area (Å²) in [5.74, 6) is -0.576. The fraction of sp³-hybridized carbons (Fsp3) is 0.320. The Morgan fingerprint density at radius 3 is 2.61 bits per heavy atom. The summed E-state index contributed by atoms with van der Waals surface area (Å²) in [5, 5.41) is 9.59. The Balaban J connectivity index is 1.67. The summed E-state index contributed by atoms with van der Waals surface area (Å²) in [6.45, 7) is 4.12. The summed E-state index contributed by atoms with van der Waals surface area (Å²) in [6.07, 6.45) is 0.956. The minimum atomic E-state index is -1.18. The van der Waals surface area contributed by atoms with Gasteiger partial charge < -0.3 is 14.6 Å². The minimum absolute atomic E-state index is 0.00571.